The summed E-state index contributed by atoms with van der Waals surface area (Å²) in [5.74, 6) is 0.953. The number of carbonyl (C=O) groups excluding carboxylic acids is 1. The molecule has 0 spiro atoms. The summed E-state index contributed by atoms with van der Waals surface area (Å²) in [5, 5.41) is 7.60. The summed E-state index contributed by atoms with van der Waals surface area (Å²) in [6.07, 6.45) is 9.27. The molecule has 3 aromatic rings. The number of hydrogen-bond donors (Lipinski definition) is 1. The van der Waals surface area contributed by atoms with E-state index < -0.39 is 0 Å². The van der Waals surface area contributed by atoms with E-state index >= 15 is 0 Å². The van der Waals surface area contributed by atoms with E-state index in [1.807, 2.05) is 24.7 Å². The van der Waals surface area contributed by atoms with Crippen LogP contribution in [0.4, 0.5) is 0 Å². The van der Waals surface area contributed by atoms with Crippen molar-refractivity contribution in [3.8, 4) is 0 Å². The molecule has 1 saturated carbocycles. The highest BCUT2D eigenvalue weighted by Crippen LogP contribution is 2.40. The lowest BCUT2D eigenvalue weighted by Crippen LogP contribution is -2.32. The largest absolute Gasteiger partial charge is 0.340 e. The summed E-state index contributed by atoms with van der Waals surface area (Å²) in [7, 11) is 1.93. The van der Waals surface area contributed by atoms with Gasteiger partial charge in [-0.2, -0.15) is 5.10 Å². The molecule has 1 amide bonds. The summed E-state index contributed by atoms with van der Waals surface area (Å²) >= 11 is 6.31. The van der Waals surface area contributed by atoms with Gasteiger partial charge in [0.25, 0.3) is 5.91 Å². The number of hydrogen-bond acceptors (Lipinski definition) is 4. The predicted molar refractivity (Wildman–Crippen MR) is 88.9 cm³/mol. The van der Waals surface area contributed by atoms with Crippen molar-refractivity contribution in [1.82, 2.24) is 29.5 Å². The molecule has 0 bridgehead atoms. The normalized spacial score (nSPS) is 15.6. The number of amides is 1. The quantitative estimate of drug-likeness (QED) is 0.787. The first-order chi connectivity index (χ1) is 11.5. The van der Waals surface area contributed by atoms with Crippen LogP contribution in [0.25, 0.3) is 5.65 Å². The van der Waals surface area contributed by atoms with Crippen molar-refractivity contribution in [3.63, 3.8) is 0 Å². The highest BCUT2D eigenvalue weighted by Gasteiger charge is 2.36. The zero-order chi connectivity index (χ0) is 16.8. The van der Waals surface area contributed by atoms with E-state index in [0.717, 1.165) is 24.2 Å². The van der Waals surface area contributed by atoms with Crippen LogP contribution in [0.1, 0.15) is 40.8 Å². The van der Waals surface area contributed by atoms with Crippen molar-refractivity contribution >= 4 is 23.2 Å². The van der Waals surface area contributed by atoms with Gasteiger partial charge >= 0.3 is 0 Å². The number of nitrogens with one attached hydrogen (secondary N) is 1. The highest BCUT2D eigenvalue weighted by atomic mass is 35.5. The lowest BCUT2D eigenvalue weighted by atomic mass is 10.1. The minimum Gasteiger partial charge on any atom is -0.340 e. The fourth-order valence-corrected chi connectivity index (χ4v) is 3.11. The Morgan fingerprint density at radius 3 is 2.88 bits per heavy atom. The van der Waals surface area contributed by atoms with Crippen LogP contribution in [-0.4, -0.2) is 30.1 Å². The molecule has 1 N–H and O–H groups in total. The minimum atomic E-state index is -0.303. The molecule has 3 heterocycles. The number of halogens is 1. The van der Waals surface area contributed by atoms with Gasteiger partial charge in [-0.15, -0.1) is 0 Å². The molecule has 1 aliphatic rings. The smallest absolute Gasteiger partial charge is 0.274 e. The van der Waals surface area contributed by atoms with Crippen LogP contribution in [0, 0.1) is 12.8 Å². The van der Waals surface area contributed by atoms with Crippen LogP contribution in [0.3, 0.4) is 0 Å². The first-order valence-corrected chi connectivity index (χ1v) is 8.21. The standard InChI is InChI=1S/C16H17ClN6O/c1-9-7-19-14-11(17)13(21-23(14)8-9)16(24)20-12(10-3-4-10)15-18-5-6-22(15)2/h5-8,10,12H,3-4H2,1-2H3,(H,20,24). The lowest BCUT2D eigenvalue weighted by molar-refractivity contribution is 0.0923. The average molecular weight is 345 g/mol. The van der Waals surface area contributed by atoms with Crippen molar-refractivity contribution in [3.05, 3.63) is 46.9 Å². The van der Waals surface area contributed by atoms with Gasteiger partial charge in [-0.05, 0) is 31.2 Å². The lowest BCUT2D eigenvalue weighted by Gasteiger charge is -2.17. The van der Waals surface area contributed by atoms with E-state index in [2.05, 4.69) is 20.4 Å². The monoisotopic (exact) mass is 344 g/mol. The third-order valence-corrected chi connectivity index (χ3v) is 4.63. The molecular weight excluding hydrogens is 328 g/mol. The molecular formula is C16H17ClN6O. The number of aromatic nitrogens is 5. The highest BCUT2D eigenvalue weighted by molar-refractivity contribution is 6.36. The van der Waals surface area contributed by atoms with E-state index in [1.54, 1.807) is 23.1 Å². The van der Waals surface area contributed by atoms with E-state index in [4.69, 9.17) is 11.6 Å². The number of rotatable bonds is 4. The van der Waals surface area contributed by atoms with Crippen molar-refractivity contribution in [2.75, 3.05) is 0 Å². The predicted octanol–water partition coefficient (Wildman–Crippen LogP) is 2.31. The van der Waals surface area contributed by atoms with Gasteiger partial charge in [-0.3, -0.25) is 4.79 Å². The van der Waals surface area contributed by atoms with E-state index in [0.29, 0.717) is 11.6 Å². The molecule has 0 aromatic carbocycles. The van der Waals surface area contributed by atoms with Crippen molar-refractivity contribution in [1.29, 1.82) is 0 Å². The van der Waals surface area contributed by atoms with Gasteiger partial charge in [-0.1, -0.05) is 11.6 Å². The van der Waals surface area contributed by atoms with Crippen LogP contribution >= 0.6 is 11.6 Å². The Morgan fingerprint density at radius 2 is 2.21 bits per heavy atom. The first kappa shape index (κ1) is 15.1. The summed E-state index contributed by atoms with van der Waals surface area (Å²) in [5.41, 5.74) is 1.61. The van der Waals surface area contributed by atoms with Crippen LogP contribution in [0.15, 0.2) is 24.8 Å². The summed E-state index contributed by atoms with van der Waals surface area (Å²) in [4.78, 5) is 21.4. The zero-order valence-corrected chi connectivity index (χ0v) is 14.2. The van der Waals surface area contributed by atoms with Crippen LogP contribution in [-0.2, 0) is 7.05 Å². The molecule has 0 aliphatic heterocycles. The van der Waals surface area contributed by atoms with Gasteiger partial charge < -0.3 is 9.88 Å². The van der Waals surface area contributed by atoms with E-state index in [-0.39, 0.29) is 22.7 Å². The van der Waals surface area contributed by atoms with Gasteiger partial charge in [0.1, 0.15) is 10.8 Å². The number of fused-ring (bicyclic) bond motifs is 1. The Balaban J connectivity index is 1.66. The third-order valence-electron chi connectivity index (χ3n) is 4.28. The Kier molecular flexibility index (Phi) is 3.53. The molecule has 8 heteroatoms. The molecule has 1 aliphatic carbocycles. The number of aryl methyl sites for hydroxylation is 2. The fraction of sp³-hybridized carbons (Fsp3) is 0.375. The second-order valence-electron chi connectivity index (χ2n) is 6.25. The Hall–Kier alpha value is -2.41. The van der Waals surface area contributed by atoms with E-state index in [1.165, 1.54) is 0 Å². The number of nitrogens with zero attached hydrogens (tertiary/aromatic N) is 5. The fourth-order valence-electron chi connectivity index (χ4n) is 2.85. The molecule has 0 radical (unpaired) electrons. The van der Waals surface area contributed by atoms with Crippen LogP contribution < -0.4 is 5.32 Å². The Labute approximate surface area is 143 Å². The SMILES string of the molecule is Cc1cnc2c(Cl)c(C(=O)NC(c3nccn3C)C3CC3)nn2c1. The molecule has 0 saturated heterocycles. The van der Waals surface area contributed by atoms with Crippen LogP contribution in [0.2, 0.25) is 5.02 Å². The summed E-state index contributed by atoms with van der Waals surface area (Å²) in [6.45, 7) is 1.91. The molecule has 1 unspecified atom stereocenters. The second kappa shape index (κ2) is 5.59. The van der Waals surface area contributed by atoms with Crippen LogP contribution in [0.5, 0.6) is 0 Å². The average Bonchev–Trinajstić information content (AvgIpc) is 3.23. The Morgan fingerprint density at radius 1 is 1.42 bits per heavy atom. The van der Waals surface area contributed by atoms with Gasteiger partial charge in [0.05, 0.1) is 6.04 Å². The second-order valence-corrected chi connectivity index (χ2v) is 6.62. The first-order valence-electron chi connectivity index (χ1n) is 7.83. The van der Waals surface area contributed by atoms with Gasteiger partial charge in [0.15, 0.2) is 11.3 Å². The molecule has 24 heavy (non-hydrogen) atoms. The number of imidazole rings is 1. The van der Waals surface area contributed by atoms with Crippen molar-refractivity contribution in [2.24, 2.45) is 13.0 Å². The van der Waals surface area contributed by atoms with Gasteiger partial charge in [-0.25, -0.2) is 14.5 Å². The zero-order valence-electron chi connectivity index (χ0n) is 13.4. The molecule has 4 rings (SSSR count). The van der Waals surface area contributed by atoms with E-state index in [9.17, 15) is 4.79 Å². The maximum Gasteiger partial charge on any atom is 0.274 e. The topological polar surface area (TPSA) is 77.1 Å². The summed E-state index contributed by atoms with van der Waals surface area (Å²) in [6, 6.07) is -0.131. The summed E-state index contributed by atoms with van der Waals surface area (Å²) < 4.78 is 3.47. The molecule has 7 nitrogen and oxygen atoms in total. The molecule has 1 atom stereocenters. The van der Waals surface area contributed by atoms with Gasteiger partial charge in [0.2, 0.25) is 0 Å². The van der Waals surface area contributed by atoms with Crippen molar-refractivity contribution < 1.29 is 4.79 Å². The molecule has 3 aromatic heterocycles. The minimum absolute atomic E-state index is 0.131. The molecule has 1 fully saturated rings. The maximum absolute atomic E-state index is 12.7. The molecule has 124 valence electrons. The Bertz CT molecular complexity index is 926. The van der Waals surface area contributed by atoms with Crippen molar-refractivity contribution in [2.45, 2.75) is 25.8 Å². The van der Waals surface area contributed by atoms with Gasteiger partial charge in [0, 0.05) is 31.8 Å². The number of carbonyl (C=O) groups is 1. The maximum atomic E-state index is 12.7. The third kappa shape index (κ3) is 2.54.